The number of aliphatic hydroxyl groups is 1. The Morgan fingerprint density at radius 3 is 2.39 bits per heavy atom. The number of fused-ring (bicyclic) bond motifs is 1. The van der Waals surface area contributed by atoms with Gasteiger partial charge < -0.3 is 10.0 Å². The van der Waals surface area contributed by atoms with Gasteiger partial charge >= 0.3 is 0 Å². The van der Waals surface area contributed by atoms with Crippen LogP contribution in [-0.4, -0.2) is 16.8 Å². The van der Waals surface area contributed by atoms with Crippen LogP contribution in [0, 0.1) is 13.8 Å². The lowest BCUT2D eigenvalue weighted by Gasteiger charge is -2.23. The third kappa shape index (κ3) is 3.79. The summed E-state index contributed by atoms with van der Waals surface area (Å²) in [6.07, 6.45) is 0.607. The molecule has 0 bridgehead atoms. The van der Waals surface area contributed by atoms with Gasteiger partial charge in [0.05, 0.1) is 18.7 Å². The number of benzene rings is 3. The van der Waals surface area contributed by atoms with Crippen LogP contribution in [0.1, 0.15) is 51.5 Å². The summed E-state index contributed by atoms with van der Waals surface area (Å²) >= 11 is 0. The second-order valence-electron chi connectivity index (χ2n) is 8.35. The lowest BCUT2D eigenvalue weighted by Crippen LogP contribution is -2.41. The molecule has 1 amide bonds. The van der Waals surface area contributed by atoms with Crippen LogP contribution in [0.5, 0.6) is 0 Å². The average molecular weight is 414 g/mol. The standard InChI is InChI=1S/C27H27NO3/c1-4-20-10-13-21(14-11-20)25(29)16-27(31)23-7-5-6-8-24(23)28(26(27)30)17-22-12-9-18(2)15-19(22)3/h5-15,31H,4,16-17H2,1-3H3. The SMILES string of the molecule is CCc1ccc(C(=O)CC2(O)C(=O)N(Cc3ccc(C)cc3C)c3ccccc32)cc1. The van der Waals surface area contributed by atoms with Crippen molar-refractivity contribution in [2.75, 3.05) is 4.90 Å². The predicted molar refractivity (Wildman–Crippen MR) is 122 cm³/mol. The summed E-state index contributed by atoms with van der Waals surface area (Å²) in [5.74, 6) is -0.700. The third-order valence-corrected chi connectivity index (χ3v) is 6.17. The fraction of sp³-hybridized carbons (Fsp3) is 0.259. The van der Waals surface area contributed by atoms with Crippen molar-refractivity contribution in [3.05, 3.63) is 100 Å². The summed E-state index contributed by atoms with van der Waals surface area (Å²) < 4.78 is 0. The number of carbonyl (C=O) groups excluding carboxylic acids is 2. The molecule has 1 atom stereocenters. The number of anilines is 1. The van der Waals surface area contributed by atoms with Crippen LogP contribution in [-0.2, 0) is 23.4 Å². The quantitative estimate of drug-likeness (QED) is 0.587. The number of rotatable bonds is 6. The Morgan fingerprint density at radius 1 is 1.00 bits per heavy atom. The Bertz CT molecular complexity index is 1150. The fourth-order valence-electron chi connectivity index (χ4n) is 4.29. The van der Waals surface area contributed by atoms with Gasteiger partial charge in [-0.3, -0.25) is 9.59 Å². The van der Waals surface area contributed by atoms with Crippen LogP contribution < -0.4 is 4.90 Å². The van der Waals surface area contributed by atoms with E-state index in [1.54, 1.807) is 29.2 Å². The Morgan fingerprint density at radius 2 is 1.71 bits per heavy atom. The number of ketones is 1. The van der Waals surface area contributed by atoms with Crippen molar-refractivity contribution >= 4 is 17.4 Å². The van der Waals surface area contributed by atoms with Crippen LogP contribution >= 0.6 is 0 Å². The number of aryl methyl sites for hydroxylation is 3. The average Bonchev–Trinajstić information content (AvgIpc) is 2.97. The van der Waals surface area contributed by atoms with E-state index in [1.807, 2.05) is 50.2 Å². The maximum atomic E-state index is 13.5. The van der Waals surface area contributed by atoms with Crippen molar-refractivity contribution < 1.29 is 14.7 Å². The molecule has 1 unspecified atom stereocenters. The highest BCUT2D eigenvalue weighted by Gasteiger charge is 2.50. The maximum Gasteiger partial charge on any atom is 0.264 e. The second-order valence-corrected chi connectivity index (χ2v) is 8.35. The first-order valence-electron chi connectivity index (χ1n) is 10.7. The molecule has 0 saturated carbocycles. The number of hydrogen-bond acceptors (Lipinski definition) is 3. The van der Waals surface area contributed by atoms with Crippen molar-refractivity contribution in [3.8, 4) is 0 Å². The lowest BCUT2D eigenvalue weighted by atomic mass is 9.88. The zero-order valence-electron chi connectivity index (χ0n) is 18.2. The van der Waals surface area contributed by atoms with Crippen molar-refractivity contribution in [3.63, 3.8) is 0 Å². The molecule has 1 aliphatic heterocycles. The normalized spacial score (nSPS) is 17.7. The predicted octanol–water partition coefficient (Wildman–Crippen LogP) is 4.87. The minimum Gasteiger partial charge on any atom is -0.375 e. The molecule has 4 nitrogen and oxygen atoms in total. The van der Waals surface area contributed by atoms with Crippen LogP contribution in [0.25, 0.3) is 0 Å². The van der Waals surface area contributed by atoms with Gasteiger partial charge in [-0.15, -0.1) is 0 Å². The zero-order chi connectivity index (χ0) is 22.2. The summed E-state index contributed by atoms with van der Waals surface area (Å²) in [4.78, 5) is 28.0. The van der Waals surface area contributed by atoms with Crippen molar-refractivity contribution in [2.45, 2.75) is 45.8 Å². The van der Waals surface area contributed by atoms with Gasteiger partial charge in [0.25, 0.3) is 5.91 Å². The summed E-state index contributed by atoms with van der Waals surface area (Å²) in [5.41, 5.74) is 4.18. The van der Waals surface area contributed by atoms with E-state index in [9.17, 15) is 14.7 Å². The molecule has 0 fully saturated rings. The largest absolute Gasteiger partial charge is 0.375 e. The first-order chi connectivity index (χ1) is 14.8. The first kappa shape index (κ1) is 21.0. The number of Topliss-reactive ketones (excluding diaryl/α,β-unsaturated/α-hetero) is 1. The first-order valence-corrected chi connectivity index (χ1v) is 10.7. The summed E-state index contributed by atoms with van der Waals surface area (Å²) in [7, 11) is 0. The molecular weight excluding hydrogens is 386 g/mol. The molecule has 1 aliphatic rings. The van der Waals surface area contributed by atoms with Gasteiger partial charge in [-0.05, 0) is 43.0 Å². The number of hydrogen-bond donors (Lipinski definition) is 1. The molecule has 1 heterocycles. The topological polar surface area (TPSA) is 57.6 Å². The molecular formula is C27H27NO3. The third-order valence-electron chi connectivity index (χ3n) is 6.17. The molecule has 158 valence electrons. The molecule has 31 heavy (non-hydrogen) atoms. The van der Waals surface area contributed by atoms with Crippen LogP contribution in [0.3, 0.4) is 0 Å². The minimum absolute atomic E-state index is 0.248. The number of para-hydroxylation sites is 1. The van der Waals surface area contributed by atoms with Crippen LogP contribution in [0.4, 0.5) is 5.69 Å². The number of carbonyl (C=O) groups is 2. The molecule has 4 rings (SSSR count). The number of nitrogens with zero attached hydrogens (tertiary/aromatic N) is 1. The molecule has 0 aliphatic carbocycles. The molecule has 3 aromatic carbocycles. The monoisotopic (exact) mass is 413 g/mol. The van der Waals surface area contributed by atoms with Gasteiger partial charge in [0.2, 0.25) is 0 Å². The molecule has 1 N–H and O–H groups in total. The van der Waals surface area contributed by atoms with Crippen molar-refractivity contribution in [2.24, 2.45) is 0 Å². The van der Waals surface area contributed by atoms with Gasteiger partial charge in [-0.2, -0.15) is 0 Å². The molecule has 0 aromatic heterocycles. The minimum atomic E-state index is -1.87. The molecule has 0 radical (unpaired) electrons. The maximum absolute atomic E-state index is 13.5. The highest BCUT2D eigenvalue weighted by molar-refractivity contribution is 6.10. The van der Waals surface area contributed by atoms with Crippen LogP contribution in [0.2, 0.25) is 0 Å². The molecule has 3 aromatic rings. The van der Waals surface area contributed by atoms with E-state index in [1.165, 1.54) is 0 Å². The van der Waals surface area contributed by atoms with Gasteiger partial charge in [-0.25, -0.2) is 0 Å². The van der Waals surface area contributed by atoms with Gasteiger partial charge in [0.1, 0.15) is 0 Å². The van der Waals surface area contributed by atoms with Crippen molar-refractivity contribution in [1.29, 1.82) is 0 Å². The van der Waals surface area contributed by atoms with E-state index in [0.29, 0.717) is 23.4 Å². The van der Waals surface area contributed by atoms with E-state index < -0.39 is 11.5 Å². The summed E-state index contributed by atoms with van der Waals surface area (Å²) in [6, 6.07) is 20.7. The van der Waals surface area contributed by atoms with Gasteiger partial charge in [0.15, 0.2) is 11.4 Å². The fourth-order valence-corrected chi connectivity index (χ4v) is 4.29. The Labute approximate surface area is 183 Å². The Hall–Kier alpha value is -3.24. The van der Waals surface area contributed by atoms with Gasteiger partial charge in [0, 0.05) is 11.1 Å². The van der Waals surface area contributed by atoms with E-state index in [-0.39, 0.29) is 12.2 Å². The van der Waals surface area contributed by atoms with E-state index in [2.05, 4.69) is 13.0 Å². The van der Waals surface area contributed by atoms with Crippen molar-refractivity contribution in [1.82, 2.24) is 0 Å². The van der Waals surface area contributed by atoms with Crippen LogP contribution in [0.15, 0.2) is 66.7 Å². The Balaban J connectivity index is 1.66. The Kier molecular flexibility index (Phi) is 5.50. The van der Waals surface area contributed by atoms with E-state index in [0.717, 1.165) is 28.7 Å². The smallest absolute Gasteiger partial charge is 0.264 e. The molecule has 0 saturated heterocycles. The number of amides is 1. The summed E-state index contributed by atoms with van der Waals surface area (Å²) in [6.45, 7) is 6.46. The van der Waals surface area contributed by atoms with Gasteiger partial charge in [-0.1, -0.05) is 73.2 Å². The molecule has 4 heteroatoms. The highest BCUT2D eigenvalue weighted by atomic mass is 16.3. The lowest BCUT2D eigenvalue weighted by molar-refractivity contribution is -0.136. The summed E-state index contributed by atoms with van der Waals surface area (Å²) in [5, 5.41) is 11.5. The van der Waals surface area contributed by atoms with E-state index >= 15 is 0 Å². The molecule has 0 spiro atoms. The second kappa shape index (κ2) is 8.12. The highest BCUT2D eigenvalue weighted by Crippen LogP contribution is 2.43. The van der Waals surface area contributed by atoms with E-state index in [4.69, 9.17) is 0 Å². The zero-order valence-corrected chi connectivity index (χ0v) is 18.2.